The zero-order valence-corrected chi connectivity index (χ0v) is 28.0. The third-order valence-electron chi connectivity index (χ3n) is 1.33. The van der Waals surface area contributed by atoms with Gasteiger partial charge in [0.25, 0.3) is 0 Å². The first kappa shape index (κ1) is 36.4. The van der Waals surface area contributed by atoms with Crippen molar-refractivity contribution in [3.05, 3.63) is 36.0 Å². The summed E-state index contributed by atoms with van der Waals surface area (Å²) in [4.78, 5) is 0. The summed E-state index contributed by atoms with van der Waals surface area (Å²) in [6.07, 6.45) is 6.92. The summed E-state index contributed by atoms with van der Waals surface area (Å²) >= 11 is 1.49. The van der Waals surface area contributed by atoms with Gasteiger partial charge in [0.1, 0.15) is 0 Å². The van der Waals surface area contributed by atoms with Gasteiger partial charge in [0.05, 0.1) is 0 Å². The average Bonchev–Trinajstić information content (AvgIpc) is 2.33. The van der Waals surface area contributed by atoms with Gasteiger partial charge in [-0.1, -0.05) is 0 Å². The van der Waals surface area contributed by atoms with E-state index >= 15 is 0 Å². The minimum Gasteiger partial charge on any atom is 0 e. The molecule has 15 heavy (non-hydrogen) atoms. The Bertz CT molecular complexity index is 207. The SMILES string of the molecule is [CH-]=CC1=C([CH]=[W])CC=C1.[W].[W].[W].[W].[W].[W]. The molecule has 0 N–H and O–H groups in total. The summed E-state index contributed by atoms with van der Waals surface area (Å²) in [5.41, 5.74) is 2.55. The molecule has 0 fully saturated rings. The van der Waals surface area contributed by atoms with Crippen LogP contribution in [0.4, 0.5) is 0 Å². The van der Waals surface area contributed by atoms with Crippen molar-refractivity contribution in [1.29, 1.82) is 0 Å². The Morgan fingerprint density at radius 2 is 1.53 bits per heavy atom. The molecule has 0 unspecified atom stereocenters. The summed E-state index contributed by atoms with van der Waals surface area (Å²) in [6, 6.07) is 0. The van der Waals surface area contributed by atoms with Crippen LogP contribution in [0, 0.1) is 6.58 Å². The van der Waals surface area contributed by atoms with Gasteiger partial charge >= 0.3 is 66.1 Å². The van der Waals surface area contributed by atoms with Crippen molar-refractivity contribution >= 4 is 4.40 Å². The van der Waals surface area contributed by atoms with Gasteiger partial charge < -0.3 is 0 Å². The van der Waals surface area contributed by atoms with Crippen LogP contribution < -0.4 is 0 Å². The summed E-state index contributed by atoms with van der Waals surface area (Å²) in [5.74, 6) is 0. The second kappa shape index (κ2) is 23.0. The molecule has 0 aliphatic heterocycles. The molecule has 0 bridgehead atoms. The van der Waals surface area contributed by atoms with E-state index in [9.17, 15) is 0 Å². The third-order valence-corrected chi connectivity index (χ3v) is 2.35. The summed E-state index contributed by atoms with van der Waals surface area (Å²) in [5, 5.41) is 0. The van der Waals surface area contributed by atoms with Crippen molar-refractivity contribution in [3.8, 4) is 0 Å². The van der Waals surface area contributed by atoms with Gasteiger partial charge in [0.15, 0.2) is 0 Å². The fraction of sp³-hybridized carbons (Fsp3) is 0.125. The largest absolute Gasteiger partial charge is 0 e. The van der Waals surface area contributed by atoms with E-state index in [0.29, 0.717) is 0 Å². The molecule has 0 atom stereocenters. The number of hydrogen-bond donors (Lipinski definition) is 0. The van der Waals surface area contributed by atoms with Gasteiger partial charge in [-0.15, -0.1) is 0 Å². The quantitative estimate of drug-likeness (QED) is 0.370. The molecular weight excluding hydrogens is 1380 g/mol. The van der Waals surface area contributed by atoms with E-state index in [2.05, 4.69) is 16.6 Å². The molecule has 0 aromatic carbocycles. The van der Waals surface area contributed by atoms with E-state index in [-0.39, 0.29) is 126 Å². The average molecular weight is 1390 g/mol. The maximum Gasteiger partial charge on any atom is 0 e. The minimum absolute atomic E-state index is 0. The fourth-order valence-electron chi connectivity index (χ4n) is 0.816. The molecule has 7 heteroatoms. The van der Waals surface area contributed by atoms with E-state index in [1.54, 1.807) is 6.08 Å². The van der Waals surface area contributed by atoms with Crippen molar-refractivity contribution in [2.75, 3.05) is 0 Å². The second-order valence-electron chi connectivity index (χ2n) is 1.87. The molecule has 0 heterocycles. The van der Waals surface area contributed by atoms with Gasteiger partial charge in [-0.25, -0.2) is 0 Å². The third kappa shape index (κ3) is 14.1. The standard InChI is InChI=1S/C8H7.7W/c1-3-8-6-4-5-7(8)2;;;;;;;/h1-4,6H,5H2;;;;;;;/q-1;;;;;;;. The Morgan fingerprint density at radius 3 is 1.80 bits per heavy atom. The predicted octanol–water partition coefficient (Wildman–Crippen LogP) is 1.57. The molecule has 1 aliphatic carbocycles. The second-order valence-corrected chi connectivity index (χ2v) is 2.72. The molecule has 0 saturated carbocycles. The molecule has 0 aromatic heterocycles. The molecule has 0 spiro atoms. The minimum atomic E-state index is 0. The Hall–Kier alpha value is 3.91. The number of allylic oxidation sites excluding steroid dienone is 5. The van der Waals surface area contributed by atoms with Gasteiger partial charge in [-0.2, -0.15) is 0 Å². The van der Waals surface area contributed by atoms with Gasteiger partial charge in [-0.3, -0.25) is 0 Å². The first-order valence-electron chi connectivity index (χ1n) is 2.78. The monoisotopic (exact) mass is 1390 g/mol. The Labute approximate surface area is 189 Å². The van der Waals surface area contributed by atoms with Gasteiger partial charge in [-0.05, 0) is 0 Å². The summed E-state index contributed by atoms with van der Waals surface area (Å²) in [6.45, 7) is 5.35. The Kier molecular flexibility index (Phi) is 55.9. The predicted molar refractivity (Wildman–Crippen MR) is 35.7 cm³/mol. The topological polar surface area (TPSA) is 0 Å². The van der Waals surface area contributed by atoms with Gasteiger partial charge in [0, 0.05) is 126 Å². The van der Waals surface area contributed by atoms with Crippen LogP contribution in [-0.4, -0.2) is 4.40 Å². The fourth-order valence-corrected chi connectivity index (χ4v) is 1.65. The van der Waals surface area contributed by atoms with Gasteiger partial charge in [0.2, 0.25) is 0 Å². The van der Waals surface area contributed by atoms with Crippen LogP contribution in [0.3, 0.4) is 0 Å². The van der Waals surface area contributed by atoms with Crippen molar-refractivity contribution < 1.29 is 146 Å². The van der Waals surface area contributed by atoms with Crippen molar-refractivity contribution in [2.45, 2.75) is 6.42 Å². The van der Waals surface area contributed by atoms with E-state index in [0.717, 1.165) is 6.42 Å². The van der Waals surface area contributed by atoms with E-state index in [4.69, 9.17) is 6.58 Å². The van der Waals surface area contributed by atoms with Crippen LogP contribution in [0.2, 0.25) is 0 Å². The molecule has 0 radical (unpaired) electrons. The number of rotatable bonds is 2. The molecule has 1 rings (SSSR count). The van der Waals surface area contributed by atoms with E-state index in [1.807, 2.05) is 0 Å². The maximum absolute atomic E-state index is 5.35. The van der Waals surface area contributed by atoms with Crippen LogP contribution in [0.15, 0.2) is 29.4 Å². The molecule has 82 valence electrons. The van der Waals surface area contributed by atoms with E-state index in [1.165, 1.54) is 30.5 Å². The zero-order chi connectivity index (χ0) is 6.69. The van der Waals surface area contributed by atoms with Crippen molar-refractivity contribution in [2.24, 2.45) is 0 Å². The normalized spacial score (nSPS) is 9.87. The van der Waals surface area contributed by atoms with Crippen LogP contribution in [0.5, 0.6) is 0 Å². The van der Waals surface area contributed by atoms with Crippen molar-refractivity contribution in [1.82, 2.24) is 0 Å². The Balaban J connectivity index is -0.0000000337. The first-order chi connectivity index (χ1) is 4.38. The van der Waals surface area contributed by atoms with Crippen LogP contribution >= 0.6 is 0 Å². The zero-order valence-electron chi connectivity index (χ0n) is 7.45. The molecule has 0 aromatic rings. The molecule has 0 saturated heterocycles. The number of hydrogen-bond acceptors (Lipinski definition) is 0. The summed E-state index contributed by atoms with van der Waals surface area (Å²) < 4.78 is 2.18. The molecule has 1 aliphatic rings. The van der Waals surface area contributed by atoms with Crippen LogP contribution in [0.25, 0.3) is 0 Å². The van der Waals surface area contributed by atoms with Crippen molar-refractivity contribution in [3.63, 3.8) is 0 Å². The van der Waals surface area contributed by atoms with Crippen LogP contribution in [-0.2, 0) is 146 Å². The van der Waals surface area contributed by atoms with Crippen LogP contribution in [0.1, 0.15) is 6.42 Å². The molecule has 0 amide bonds. The maximum atomic E-state index is 5.35. The first-order valence-corrected chi connectivity index (χ1v) is 4.47. The molecule has 0 nitrogen and oxygen atoms in total. The smallest absolute Gasteiger partial charge is 0 e. The Morgan fingerprint density at radius 1 is 1.07 bits per heavy atom. The molecular formula is C8H7W7-. The summed E-state index contributed by atoms with van der Waals surface area (Å²) in [7, 11) is 0. The van der Waals surface area contributed by atoms with E-state index < -0.39 is 0 Å².